The second-order valence-corrected chi connectivity index (χ2v) is 6.66. The van der Waals surface area contributed by atoms with E-state index < -0.39 is 0 Å². The Morgan fingerprint density at radius 1 is 1.25 bits per heavy atom. The summed E-state index contributed by atoms with van der Waals surface area (Å²) >= 11 is 1.63. The molecule has 0 unspecified atom stereocenters. The van der Waals surface area contributed by atoms with Crippen molar-refractivity contribution in [1.29, 1.82) is 0 Å². The van der Waals surface area contributed by atoms with Gasteiger partial charge in [-0.2, -0.15) is 16.4 Å². The van der Waals surface area contributed by atoms with Crippen molar-refractivity contribution in [1.82, 2.24) is 24.6 Å². The molecule has 1 aliphatic heterocycles. The highest BCUT2D eigenvalue weighted by atomic mass is 32.1. The molecule has 24 heavy (non-hydrogen) atoms. The molecule has 7 nitrogen and oxygen atoms in total. The van der Waals surface area contributed by atoms with E-state index in [9.17, 15) is 4.79 Å². The number of aromatic nitrogens is 4. The topological polar surface area (TPSA) is 67.2 Å². The Morgan fingerprint density at radius 3 is 2.83 bits per heavy atom. The number of thiophene rings is 1. The Kier molecular flexibility index (Phi) is 3.89. The highest BCUT2D eigenvalue weighted by Crippen LogP contribution is 2.23. The highest BCUT2D eigenvalue weighted by molar-refractivity contribution is 7.08. The Bertz CT molecular complexity index is 851. The number of amides is 1. The first-order chi connectivity index (χ1) is 11.7. The molecule has 3 aromatic heterocycles. The van der Waals surface area contributed by atoms with Gasteiger partial charge in [-0.1, -0.05) is 0 Å². The summed E-state index contributed by atoms with van der Waals surface area (Å²) in [5, 5.41) is 9.26. The second kappa shape index (κ2) is 6.20. The molecular weight excluding hydrogens is 324 g/mol. The summed E-state index contributed by atoms with van der Waals surface area (Å²) in [6.07, 6.45) is 3.87. The second-order valence-electron chi connectivity index (χ2n) is 5.88. The Morgan fingerprint density at radius 2 is 2.08 bits per heavy atom. The fourth-order valence-electron chi connectivity index (χ4n) is 3.05. The summed E-state index contributed by atoms with van der Waals surface area (Å²) in [4.78, 5) is 25.3. The minimum Gasteiger partial charge on any atom is -0.352 e. The van der Waals surface area contributed by atoms with E-state index in [1.165, 1.54) is 0 Å². The lowest BCUT2D eigenvalue weighted by molar-refractivity contribution is -0.130. The summed E-state index contributed by atoms with van der Waals surface area (Å²) in [6.45, 7) is 2.98. The number of carbonyl (C=O) groups excluding carboxylic acids is 1. The van der Waals surface area contributed by atoms with Crippen LogP contribution in [0.4, 0.5) is 5.82 Å². The molecule has 0 radical (unpaired) electrons. The molecule has 0 aromatic carbocycles. The Labute approximate surface area is 143 Å². The van der Waals surface area contributed by atoms with Crippen molar-refractivity contribution in [2.75, 3.05) is 31.1 Å². The molecule has 0 aliphatic carbocycles. The number of fused-ring (bicyclic) bond motifs is 1. The molecule has 0 N–H and O–H groups in total. The lowest BCUT2D eigenvalue weighted by Gasteiger charge is -2.35. The van der Waals surface area contributed by atoms with Crippen molar-refractivity contribution in [3.63, 3.8) is 0 Å². The molecule has 3 aromatic rings. The van der Waals surface area contributed by atoms with Gasteiger partial charge in [0.15, 0.2) is 5.65 Å². The van der Waals surface area contributed by atoms with E-state index in [4.69, 9.17) is 0 Å². The zero-order valence-electron chi connectivity index (χ0n) is 13.4. The van der Waals surface area contributed by atoms with Crippen LogP contribution in [0, 0.1) is 0 Å². The van der Waals surface area contributed by atoms with Crippen LogP contribution < -0.4 is 4.90 Å². The van der Waals surface area contributed by atoms with Crippen LogP contribution >= 0.6 is 11.3 Å². The monoisotopic (exact) mass is 342 g/mol. The summed E-state index contributed by atoms with van der Waals surface area (Å²) in [7, 11) is 1.88. The number of rotatable bonds is 3. The molecule has 0 atom stereocenters. The molecule has 8 heteroatoms. The molecule has 4 rings (SSSR count). The van der Waals surface area contributed by atoms with E-state index in [1.54, 1.807) is 28.5 Å². The number of hydrogen-bond acceptors (Lipinski definition) is 6. The van der Waals surface area contributed by atoms with Crippen LogP contribution in [0.3, 0.4) is 0 Å². The summed E-state index contributed by atoms with van der Waals surface area (Å²) < 4.78 is 1.75. The van der Waals surface area contributed by atoms with Gasteiger partial charge >= 0.3 is 0 Å². The first kappa shape index (κ1) is 15.1. The number of nitrogens with zero attached hydrogens (tertiary/aromatic N) is 6. The summed E-state index contributed by atoms with van der Waals surface area (Å²) in [5.41, 5.74) is 1.93. The van der Waals surface area contributed by atoms with Crippen LogP contribution in [0.15, 0.2) is 29.4 Å². The van der Waals surface area contributed by atoms with E-state index in [-0.39, 0.29) is 5.91 Å². The van der Waals surface area contributed by atoms with E-state index in [0.717, 1.165) is 35.5 Å². The first-order valence-electron chi connectivity index (χ1n) is 7.89. The van der Waals surface area contributed by atoms with Crippen molar-refractivity contribution in [3.05, 3.63) is 34.9 Å². The van der Waals surface area contributed by atoms with E-state index in [0.29, 0.717) is 19.5 Å². The molecule has 0 bridgehead atoms. The van der Waals surface area contributed by atoms with Crippen LogP contribution in [0.1, 0.15) is 5.56 Å². The van der Waals surface area contributed by atoms with Gasteiger partial charge in [0.25, 0.3) is 0 Å². The molecule has 0 saturated carbocycles. The quantitative estimate of drug-likeness (QED) is 0.718. The number of piperazine rings is 1. The van der Waals surface area contributed by atoms with Crippen LogP contribution in [-0.2, 0) is 18.3 Å². The van der Waals surface area contributed by atoms with Gasteiger partial charge in [-0.15, -0.1) is 0 Å². The molecule has 4 heterocycles. The van der Waals surface area contributed by atoms with Crippen molar-refractivity contribution < 1.29 is 4.79 Å². The predicted octanol–water partition coefficient (Wildman–Crippen LogP) is 1.32. The maximum Gasteiger partial charge on any atom is 0.227 e. The van der Waals surface area contributed by atoms with Gasteiger partial charge in [0, 0.05) is 33.2 Å². The lowest BCUT2D eigenvalue weighted by Crippen LogP contribution is -2.49. The van der Waals surface area contributed by atoms with Crippen LogP contribution in [0.25, 0.3) is 11.0 Å². The van der Waals surface area contributed by atoms with E-state index >= 15 is 0 Å². The van der Waals surface area contributed by atoms with Crippen LogP contribution in [0.5, 0.6) is 0 Å². The fraction of sp³-hybridized carbons (Fsp3) is 0.375. The molecule has 1 saturated heterocycles. The van der Waals surface area contributed by atoms with Crippen molar-refractivity contribution in [2.24, 2.45) is 7.05 Å². The molecule has 0 spiro atoms. The number of carbonyl (C=O) groups is 1. The van der Waals surface area contributed by atoms with Crippen molar-refractivity contribution in [2.45, 2.75) is 6.42 Å². The largest absolute Gasteiger partial charge is 0.352 e. The average Bonchev–Trinajstić information content (AvgIpc) is 3.25. The maximum atomic E-state index is 12.4. The molecule has 1 aliphatic rings. The number of anilines is 1. The zero-order valence-corrected chi connectivity index (χ0v) is 14.2. The van der Waals surface area contributed by atoms with Gasteiger partial charge < -0.3 is 9.80 Å². The van der Waals surface area contributed by atoms with Crippen molar-refractivity contribution in [3.8, 4) is 0 Å². The molecule has 1 fully saturated rings. The average molecular weight is 342 g/mol. The molecular formula is C16H18N6OS. The standard InChI is InChI=1S/C16H18N6OS/c1-20-15-13(9-19-20)16(18-11-17-15)22-5-3-21(4-6-22)14(23)8-12-2-7-24-10-12/h2,7,9-11H,3-6,8H2,1H3. The SMILES string of the molecule is Cn1ncc2c(N3CCN(C(=O)Cc4ccsc4)CC3)ncnc21. The summed E-state index contributed by atoms with van der Waals surface area (Å²) in [5.74, 6) is 1.10. The predicted molar refractivity (Wildman–Crippen MR) is 93.1 cm³/mol. The van der Waals surface area contributed by atoms with E-state index in [2.05, 4.69) is 20.0 Å². The van der Waals surface area contributed by atoms with Gasteiger partial charge in [-0.3, -0.25) is 9.48 Å². The lowest BCUT2D eigenvalue weighted by atomic mass is 10.2. The van der Waals surface area contributed by atoms with Crippen LogP contribution in [0.2, 0.25) is 0 Å². The zero-order chi connectivity index (χ0) is 16.5. The van der Waals surface area contributed by atoms with Gasteiger partial charge in [0.2, 0.25) is 5.91 Å². The highest BCUT2D eigenvalue weighted by Gasteiger charge is 2.23. The van der Waals surface area contributed by atoms with Gasteiger partial charge in [-0.25, -0.2) is 9.97 Å². The molecule has 1 amide bonds. The smallest absolute Gasteiger partial charge is 0.227 e. The normalized spacial score (nSPS) is 15.2. The first-order valence-corrected chi connectivity index (χ1v) is 8.83. The maximum absolute atomic E-state index is 12.4. The Balaban J connectivity index is 1.45. The van der Waals surface area contributed by atoms with Crippen LogP contribution in [-0.4, -0.2) is 56.7 Å². The summed E-state index contributed by atoms with van der Waals surface area (Å²) in [6, 6.07) is 2.01. The van der Waals surface area contributed by atoms with Crippen molar-refractivity contribution >= 4 is 34.1 Å². The fourth-order valence-corrected chi connectivity index (χ4v) is 3.72. The van der Waals surface area contributed by atoms with Gasteiger partial charge in [-0.05, 0) is 22.4 Å². The Hall–Kier alpha value is -2.48. The third kappa shape index (κ3) is 2.73. The van der Waals surface area contributed by atoms with Gasteiger partial charge in [0.05, 0.1) is 18.0 Å². The van der Waals surface area contributed by atoms with Gasteiger partial charge in [0.1, 0.15) is 12.1 Å². The minimum absolute atomic E-state index is 0.197. The van der Waals surface area contributed by atoms with E-state index in [1.807, 2.05) is 28.8 Å². The minimum atomic E-state index is 0.197. The third-order valence-corrected chi connectivity index (χ3v) is 5.11. The number of hydrogen-bond donors (Lipinski definition) is 0. The number of aryl methyl sites for hydroxylation is 1. The third-order valence-electron chi connectivity index (χ3n) is 4.38. The molecule has 124 valence electrons.